The van der Waals surface area contributed by atoms with Gasteiger partial charge in [0.25, 0.3) is 0 Å². The monoisotopic (exact) mass is 347 g/mol. The maximum Gasteiger partial charge on any atom is 0.325 e. The van der Waals surface area contributed by atoms with Crippen LogP contribution in [0.25, 0.3) is 0 Å². The molecule has 1 aromatic carbocycles. The van der Waals surface area contributed by atoms with E-state index in [4.69, 9.17) is 4.74 Å². The summed E-state index contributed by atoms with van der Waals surface area (Å²) in [5, 5.41) is 5.09. The molecule has 0 aromatic heterocycles. The molecule has 0 fully saturated rings. The van der Waals surface area contributed by atoms with Gasteiger partial charge in [0.05, 0.1) is 6.61 Å². The van der Waals surface area contributed by atoms with E-state index in [0.717, 1.165) is 17.7 Å². The Hall–Kier alpha value is -2.57. The Balaban J connectivity index is 2.00. The van der Waals surface area contributed by atoms with Crippen molar-refractivity contribution in [1.29, 1.82) is 0 Å². The smallest absolute Gasteiger partial charge is 0.325 e. The number of urea groups is 1. The summed E-state index contributed by atoms with van der Waals surface area (Å²) >= 11 is 0. The van der Waals surface area contributed by atoms with Gasteiger partial charge in [-0.1, -0.05) is 32.0 Å². The number of anilines is 1. The van der Waals surface area contributed by atoms with Crippen LogP contribution in [0, 0.1) is 5.92 Å². The molecule has 1 heterocycles. The van der Waals surface area contributed by atoms with E-state index in [9.17, 15) is 14.4 Å². The fraction of sp³-hybridized carbons (Fsp3) is 0.500. The molecule has 136 valence electrons. The van der Waals surface area contributed by atoms with E-state index in [0.29, 0.717) is 6.54 Å². The molecule has 2 rings (SSSR count). The fourth-order valence-corrected chi connectivity index (χ4v) is 2.81. The van der Waals surface area contributed by atoms with Crippen LogP contribution in [0.1, 0.15) is 26.3 Å². The van der Waals surface area contributed by atoms with Gasteiger partial charge in [0, 0.05) is 12.2 Å². The van der Waals surface area contributed by atoms with Crippen LogP contribution < -0.4 is 15.5 Å². The zero-order valence-corrected chi connectivity index (χ0v) is 14.9. The molecule has 7 heteroatoms. The molecule has 1 aliphatic rings. The number of nitrogens with zero attached hydrogens (tertiary/aromatic N) is 1. The average Bonchev–Trinajstić information content (AvgIpc) is 3.01. The zero-order chi connectivity index (χ0) is 18.4. The SMILES string of the molecule is CCOC(=O)CNC(=O)N[C@@H](C(=O)N1CCc2ccccc21)C(C)C. The predicted octanol–water partition coefficient (Wildman–Crippen LogP) is 1.46. The lowest BCUT2D eigenvalue weighted by Crippen LogP contribution is -2.54. The largest absolute Gasteiger partial charge is 0.465 e. The van der Waals surface area contributed by atoms with Gasteiger partial charge in [-0.05, 0) is 30.9 Å². The molecule has 25 heavy (non-hydrogen) atoms. The molecule has 0 spiro atoms. The molecular weight excluding hydrogens is 322 g/mol. The van der Waals surface area contributed by atoms with Crippen LogP contribution in [0.15, 0.2) is 24.3 Å². The summed E-state index contributed by atoms with van der Waals surface area (Å²) in [5.74, 6) is -0.751. The van der Waals surface area contributed by atoms with Gasteiger partial charge in [-0.2, -0.15) is 0 Å². The van der Waals surface area contributed by atoms with Gasteiger partial charge < -0.3 is 20.3 Å². The molecule has 3 amide bonds. The number of rotatable bonds is 6. The van der Waals surface area contributed by atoms with E-state index in [2.05, 4.69) is 10.6 Å². The van der Waals surface area contributed by atoms with Crippen LogP contribution in [0.3, 0.4) is 0 Å². The molecular formula is C18H25N3O4. The summed E-state index contributed by atoms with van der Waals surface area (Å²) in [4.78, 5) is 38.0. The highest BCUT2D eigenvalue weighted by Gasteiger charge is 2.32. The minimum absolute atomic E-state index is 0.0893. The van der Waals surface area contributed by atoms with Gasteiger partial charge in [0.1, 0.15) is 12.6 Å². The summed E-state index contributed by atoms with van der Waals surface area (Å²) in [5.41, 5.74) is 2.03. The summed E-state index contributed by atoms with van der Waals surface area (Å²) in [6, 6.07) is 6.54. The molecule has 1 aliphatic heterocycles. The Morgan fingerprint density at radius 1 is 1.24 bits per heavy atom. The third kappa shape index (κ3) is 4.71. The second-order valence-electron chi connectivity index (χ2n) is 6.22. The van der Waals surface area contributed by atoms with Crippen molar-refractivity contribution in [2.45, 2.75) is 33.2 Å². The first-order chi connectivity index (χ1) is 11.9. The maximum atomic E-state index is 12.9. The molecule has 0 aliphatic carbocycles. The number of ether oxygens (including phenoxy) is 1. The molecule has 0 unspecified atom stereocenters. The van der Waals surface area contributed by atoms with Crippen LogP contribution in [0.5, 0.6) is 0 Å². The first-order valence-corrected chi connectivity index (χ1v) is 8.53. The second-order valence-corrected chi connectivity index (χ2v) is 6.22. The molecule has 0 saturated carbocycles. The zero-order valence-electron chi connectivity index (χ0n) is 14.9. The van der Waals surface area contributed by atoms with Crippen LogP contribution in [-0.4, -0.2) is 43.6 Å². The maximum absolute atomic E-state index is 12.9. The Morgan fingerprint density at radius 2 is 1.96 bits per heavy atom. The molecule has 0 saturated heterocycles. The predicted molar refractivity (Wildman–Crippen MR) is 94.3 cm³/mol. The Kier molecular flexibility index (Phi) is 6.38. The number of nitrogens with one attached hydrogen (secondary N) is 2. The molecule has 1 aromatic rings. The average molecular weight is 347 g/mol. The minimum atomic E-state index is -0.673. The highest BCUT2D eigenvalue weighted by Crippen LogP contribution is 2.28. The van der Waals surface area contributed by atoms with Crippen molar-refractivity contribution >= 4 is 23.6 Å². The first-order valence-electron chi connectivity index (χ1n) is 8.53. The van der Waals surface area contributed by atoms with Crippen molar-refractivity contribution in [3.8, 4) is 0 Å². The number of carbonyl (C=O) groups is 3. The van der Waals surface area contributed by atoms with Crippen molar-refractivity contribution in [2.75, 3.05) is 24.6 Å². The van der Waals surface area contributed by atoms with E-state index >= 15 is 0 Å². The number of amides is 3. The van der Waals surface area contributed by atoms with Crippen molar-refractivity contribution < 1.29 is 19.1 Å². The van der Waals surface area contributed by atoms with Gasteiger partial charge in [0.2, 0.25) is 5.91 Å². The topological polar surface area (TPSA) is 87.7 Å². The molecule has 7 nitrogen and oxygen atoms in total. The van der Waals surface area contributed by atoms with E-state index in [-0.39, 0.29) is 25.0 Å². The molecule has 0 bridgehead atoms. The van der Waals surface area contributed by atoms with E-state index in [1.54, 1.807) is 11.8 Å². The Morgan fingerprint density at radius 3 is 2.64 bits per heavy atom. The van der Waals surface area contributed by atoms with Crippen molar-refractivity contribution in [1.82, 2.24) is 10.6 Å². The van der Waals surface area contributed by atoms with Gasteiger partial charge in [-0.25, -0.2) is 4.79 Å². The van der Waals surface area contributed by atoms with E-state index in [1.807, 2.05) is 38.1 Å². The lowest BCUT2D eigenvalue weighted by molar-refractivity contribution is -0.141. The number of carbonyl (C=O) groups excluding carboxylic acids is 3. The number of fused-ring (bicyclic) bond motifs is 1. The lowest BCUT2D eigenvalue weighted by atomic mass is 10.0. The van der Waals surface area contributed by atoms with Crippen molar-refractivity contribution in [3.05, 3.63) is 29.8 Å². The Bertz CT molecular complexity index is 645. The highest BCUT2D eigenvalue weighted by atomic mass is 16.5. The van der Waals surface area contributed by atoms with Gasteiger partial charge in [0.15, 0.2) is 0 Å². The highest BCUT2D eigenvalue weighted by molar-refractivity contribution is 6.00. The number of para-hydroxylation sites is 1. The quantitative estimate of drug-likeness (QED) is 0.763. The minimum Gasteiger partial charge on any atom is -0.465 e. The summed E-state index contributed by atoms with van der Waals surface area (Å²) in [6.45, 7) is 6.06. The van der Waals surface area contributed by atoms with Crippen molar-refractivity contribution in [2.24, 2.45) is 5.92 Å². The first kappa shape index (κ1) is 18.8. The lowest BCUT2D eigenvalue weighted by Gasteiger charge is -2.27. The fourth-order valence-electron chi connectivity index (χ4n) is 2.81. The normalized spacial score (nSPS) is 14.0. The van der Waals surface area contributed by atoms with Gasteiger partial charge in [-0.15, -0.1) is 0 Å². The molecule has 0 radical (unpaired) electrons. The van der Waals surface area contributed by atoms with Crippen LogP contribution >= 0.6 is 0 Å². The van der Waals surface area contributed by atoms with Gasteiger partial charge >= 0.3 is 12.0 Å². The standard InChI is InChI=1S/C18H25N3O4/c1-4-25-15(22)11-19-18(24)20-16(12(2)3)17(23)21-10-9-13-7-5-6-8-14(13)21/h5-8,12,16H,4,9-11H2,1-3H3,(H2,19,20,24)/t16-/m1/s1. The van der Waals surface area contributed by atoms with Gasteiger partial charge in [-0.3, -0.25) is 9.59 Å². The van der Waals surface area contributed by atoms with E-state index in [1.165, 1.54) is 0 Å². The second kappa shape index (κ2) is 8.50. The third-order valence-corrected chi connectivity index (χ3v) is 4.07. The number of hydrogen-bond acceptors (Lipinski definition) is 4. The summed E-state index contributed by atoms with van der Waals surface area (Å²) in [6.07, 6.45) is 0.807. The number of esters is 1. The third-order valence-electron chi connectivity index (χ3n) is 4.07. The molecule has 1 atom stereocenters. The summed E-state index contributed by atoms with van der Waals surface area (Å²) in [7, 11) is 0. The van der Waals surface area contributed by atoms with Crippen LogP contribution in [0.4, 0.5) is 10.5 Å². The van der Waals surface area contributed by atoms with Crippen molar-refractivity contribution in [3.63, 3.8) is 0 Å². The van der Waals surface area contributed by atoms with Crippen LogP contribution in [0.2, 0.25) is 0 Å². The van der Waals surface area contributed by atoms with Crippen LogP contribution in [-0.2, 0) is 20.7 Å². The van der Waals surface area contributed by atoms with E-state index < -0.39 is 18.0 Å². The summed E-state index contributed by atoms with van der Waals surface area (Å²) < 4.78 is 4.76. The number of benzene rings is 1. The number of hydrogen-bond donors (Lipinski definition) is 2. The molecule has 2 N–H and O–H groups in total. The Labute approximate surface area is 147 Å².